The molecule has 0 spiro atoms. The van der Waals surface area contributed by atoms with Crippen molar-refractivity contribution in [3.63, 3.8) is 0 Å². The highest BCUT2D eigenvalue weighted by Gasteiger charge is 2.39. The zero-order chi connectivity index (χ0) is 23.7. The third-order valence-electron chi connectivity index (χ3n) is 5.88. The van der Waals surface area contributed by atoms with Crippen LogP contribution in [-0.4, -0.2) is 23.8 Å². The molecule has 6 heteroatoms. The molecule has 0 fully saturated rings. The molecule has 1 N–H and O–H groups in total. The zero-order valence-electron chi connectivity index (χ0n) is 18.4. The maximum Gasteiger partial charge on any atom is 0.278 e. The van der Waals surface area contributed by atoms with Crippen LogP contribution >= 0.6 is 0 Å². The van der Waals surface area contributed by atoms with Crippen molar-refractivity contribution in [2.45, 2.75) is 6.54 Å². The first-order valence-electron chi connectivity index (χ1n) is 10.8. The number of amides is 2. The number of anilines is 1. The fourth-order valence-corrected chi connectivity index (χ4v) is 4.13. The average molecular weight is 452 g/mol. The summed E-state index contributed by atoms with van der Waals surface area (Å²) in [6.45, 7) is -0.162. The van der Waals surface area contributed by atoms with Crippen LogP contribution in [0, 0.1) is 5.82 Å². The quantitative estimate of drug-likeness (QED) is 0.399. The van der Waals surface area contributed by atoms with Crippen molar-refractivity contribution in [3.8, 4) is 5.75 Å². The molecule has 4 aromatic carbocycles. The minimum absolute atomic E-state index is 0.155. The van der Waals surface area contributed by atoms with Crippen LogP contribution in [0.4, 0.5) is 10.1 Å². The number of carbonyl (C=O) groups excluding carboxylic acids is 2. The Morgan fingerprint density at radius 1 is 0.824 bits per heavy atom. The Balaban J connectivity index is 1.60. The van der Waals surface area contributed by atoms with Gasteiger partial charge in [0.2, 0.25) is 0 Å². The molecule has 34 heavy (non-hydrogen) atoms. The van der Waals surface area contributed by atoms with E-state index in [1.807, 2.05) is 42.5 Å². The van der Waals surface area contributed by atoms with Crippen LogP contribution in [0.15, 0.2) is 96.7 Å². The third kappa shape index (κ3) is 3.79. The van der Waals surface area contributed by atoms with Gasteiger partial charge in [-0.1, -0.05) is 66.7 Å². The molecular weight excluding hydrogens is 431 g/mol. The summed E-state index contributed by atoms with van der Waals surface area (Å²) in [6, 6.07) is 26.6. The summed E-state index contributed by atoms with van der Waals surface area (Å²) in [4.78, 5) is 28.1. The molecule has 168 valence electrons. The van der Waals surface area contributed by atoms with Crippen molar-refractivity contribution in [3.05, 3.63) is 114 Å². The van der Waals surface area contributed by atoms with Gasteiger partial charge >= 0.3 is 0 Å². The molecule has 1 aliphatic rings. The summed E-state index contributed by atoms with van der Waals surface area (Å²) < 4.78 is 19.6. The lowest BCUT2D eigenvalue weighted by Gasteiger charge is -2.16. The Kier molecular flexibility index (Phi) is 5.55. The summed E-state index contributed by atoms with van der Waals surface area (Å²) in [6.07, 6.45) is 0. The van der Waals surface area contributed by atoms with Gasteiger partial charge < -0.3 is 10.1 Å². The summed E-state index contributed by atoms with van der Waals surface area (Å²) in [5.41, 5.74) is 1.93. The lowest BCUT2D eigenvalue weighted by atomic mass is 10.0. The van der Waals surface area contributed by atoms with Gasteiger partial charge in [0.25, 0.3) is 11.8 Å². The fourth-order valence-electron chi connectivity index (χ4n) is 4.13. The topological polar surface area (TPSA) is 58.6 Å². The Hall–Kier alpha value is -4.45. The number of fused-ring (bicyclic) bond motifs is 1. The molecule has 0 unspecified atom stereocenters. The van der Waals surface area contributed by atoms with Crippen LogP contribution in [0.25, 0.3) is 16.3 Å². The van der Waals surface area contributed by atoms with E-state index in [0.29, 0.717) is 17.0 Å². The minimum Gasteiger partial charge on any atom is -0.497 e. The molecule has 0 saturated carbocycles. The van der Waals surface area contributed by atoms with Crippen molar-refractivity contribution in [2.24, 2.45) is 0 Å². The van der Waals surface area contributed by atoms with E-state index in [1.165, 1.54) is 6.07 Å². The van der Waals surface area contributed by atoms with Crippen molar-refractivity contribution in [1.82, 2.24) is 4.90 Å². The van der Waals surface area contributed by atoms with Gasteiger partial charge in [-0.25, -0.2) is 4.39 Å². The molecule has 5 nitrogen and oxygen atoms in total. The third-order valence-corrected chi connectivity index (χ3v) is 5.88. The van der Waals surface area contributed by atoms with Gasteiger partial charge in [0, 0.05) is 16.6 Å². The van der Waals surface area contributed by atoms with Crippen LogP contribution in [0.2, 0.25) is 0 Å². The molecule has 0 aliphatic carbocycles. The predicted octanol–water partition coefficient (Wildman–Crippen LogP) is 5.38. The molecule has 0 saturated heterocycles. The number of benzene rings is 4. The number of nitrogens with zero attached hydrogens (tertiary/aromatic N) is 1. The zero-order valence-corrected chi connectivity index (χ0v) is 18.4. The predicted molar refractivity (Wildman–Crippen MR) is 129 cm³/mol. The van der Waals surface area contributed by atoms with Crippen molar-refractivity contribution in [2.75, 3.05) is 12.4 Å². The molecule has 0 aromatic heterocycles. The van der Waals surface area contributed by atoms with Crippen LogP contribution in [0.5, 0.6) is 5.75 Å². The number of hydrogen-bond donors (Lipinski definition) is 1. The highest BCUT2D eigenvalue weighted by atomic mass is 19.1. The highest BCUT2D eigenvalue weighted by molar-refractivity contribution is 6.36. The SMILES string of the molecule is COc1ccc(C2=C(Nc3cccc4ccccc34)C(=O)N(Cc3ccccc3F)C2=O)cc1. The summed E-state index contributed by atoms with van der Waals surface area (Å²) >= 11 is 0. The van der Waals surface area contributed by atoms with Gasteiger partial charge in [-0.3, -0.25) is 14.5 Å². The van der Waals surface area contributed by atoms with E-state index < -0.39 is 17.6 Å². The number of ether oxygens (including phenoxy) is 1. The van der Waals surface area contributed by atoms with Crippen molar-refractivity contribution in [1.29, 1.82) is 0 Å². The normalized spacial score (nSPS) is 13.6. The minimum atomic E-state index is -0.507. The number of rotatable bonds is 6. The van der Waals surface area contributed by atoms with Gasteiger partial charge in [-0.05, 0) is 35.2 Å². The molecule has 0 radical (unpaired) electrons. The summed E-state index contributed by atoms with van der Waals surface area (Å²) in [5, 5.41) is 5.13. The molecular formula is C28H21FN2O3. The van der Waals surface area contributed by atoms with Gasteiger partial charge in [0.15, 0.2) is 0 Å². The lowest BCUT2D eigenvalue weighted by Crippen LogP contribution is -2.32. The van der Waals surface area contributed by atoms with Gasteiger partial charge in [0.1, 0.15) is 17.3 Å². The smallest absolute Gasteiger partial charge is 0.278 e. The van der Waals surface area contributed by atoms with E-state index in [2.05, 4.69) is 5.32 Å². The van der Waals surface area contributed by atoms with E-state index in [-0.39, 0.29) is 23.4 Å². The molecule has 1 heterocycles. The second kappa shape index (κ2) is 8.83. The molecule has 2 amide bonds. The second-order valence-electron chi connectivity index (χ2n) is 7.92. The number of methoxy groups -OCH3 is 1. The van der Waals surface area contributed by atoms with Crippen LogP contribution in [0.1, 0.15) is 11.1 Å². The number of hydrogen-bond acceptors (Lipinski definition) is 4. The standard InChI is InChI=1S/C28H21FN2O3/c1-34-21-15-13-19(14-16-21)25-26(30-24-12-6-9-18-7-2-4-10-22(18)24)28(33)31(27(25)32)17-20-8-3-5-11-23(20)29/h2-16,30H,17H2,1H3. The Morgan fingerprint density at radius 2 is 1.53 bits per heavy atom. The van der Waals surface area contributed by atoms with Crippen LogP contribution in [-0.2, 0) is 16.1 Å². The van der Waals surface area contributed by atoms with Crippen molar-refractivity contribution >= 4 is 33.8 Å². The fraction of sp³-hybridized carbons (Fsp3) is 0.0714. The number of nitrogens with one attached hydrogen (secondary N) is 1. The number of carbonyl (C=O) groups is 2. The van der Waals surface area contributed by atoms with E-state index in [9.17, 15) is 14.0 Å². The Labute approximate surface area is 196 Å². The molecule has 5 rings (SSSR count). The highest BCUT2D eigenvalue weighted by Crippen LogP contribution is 2.34. The Morgan fingerprint density at radius 3 is 2.29 bits per heavy atom. The molecule has 0 atom stereocenters. The maximum atomic E-state index is 14.3. The van der Waals surface area contributed by atoms with Crippen LogP contribution < -0.4 is 10.1 Å². The summed E-state index contributed by atoms with van der Waals surface area (Å²) in [5.74, 6) is -0.828. The van der Waals surface area contributed by atoms with Gasteiger partial charge in [0.05, 0.1) is 19.2 Å². The molecule has 0 bridgehead atoms. The van der Waals surface area contributed by atoms with Crippen molar-refractivity contribution < 1.29 is 18.7 Å². The van der Waals surface area contributed by atoms with Gasteiger partial charge in [-0.2, -0.15) is 0 Å². The first kappa shape index (κ1) is 21.4. The van der Waals surface area contributed by atoms with E-state index in [1.54, 1.807) is 49.6 Å². The summed E-state index contributed by atoms with van der Waals surface area (Å²) in [7, 11) is 1.56. The Bertz CT molecular complexity index is 1440. The average Bonchev–Trinajstić information content (AvgIpc) is 3.10. The first-order valence-corrected chi connectivity index (χ1v) is 10.8. The monoisotopic (exact) mass is 452 g/mol. The second-order valence-corrected chi connectivity index (χ2v) is 7.92. The van der Waals surface area contributed by atoms with Crippen LogP contribution in [0.3, 0.4) is 0 Å². The largest absolute Gasteiger partial charge is 0.497 e. The number of imide groups is 1. The van der Waals surface area contributed by atoms with Gasteiger partial charge in [-0.15, -0.1) is 0 Å². The lowest BCUT2D eigenvalue weighted by molar-refractivity contribution is -0.137. The molecule has 1 aliphatic heterocycles. The van der Waals surface area contributed by atoms with E-state index in [0.717, 1.165) is 15.7 Å². The maximum absolute atomic E-state index is 14.3. The number of halogens is 1. The first-order chi connectivity index (χ1) is 16.6. The molecule has 4 aromatic rings. The van der Waals surface area contributed by atoms with E-state index >= 15 is 0 Å². The van der Waals surface area contributed by atoms with E-state index in [4.69, 9.17) is 4.74 Å².